The quantitative estimate of drug-likeness (QED) is 0.722. The molecule has 0 radical (unpaired) electrons. The van der Waals surface area contributed by atoms with Crippen molar-refractivity contribution in [3.63, 3.8) is 0 Å². The van der Waals surface area contributed by atoms with Gasteiger partial charge >= 0.3 is 0 Å². The molecule has 0 bridgehead atoms. The largest absolute Gasteiger partial charge is 0.496 e. The van der Waals surface area contributed by atoms with E-state index in [1.807, 2.05) is 60.8 Å². The molecule has 3 aromatic rings. The van der Waals surface area contributed by atoms with Gasteiger partial charge in [-0.05, 0) is 24.6 Å². The molecule has 0 aliphatic carbocycles. The van der Waals surface area contributed by atoms with Gasteiger partial charge in [0.15, 0.2) is 0 Å². The van der Waals surface area contributed by atoms with Gasteiger partial charge in [-0.1, -0.05) is 42.0 Å². The molecular formula is C20H20N2O2S. The van der Waals surface area contributed by atoms with Crippen LogP contribution in [0.25, 0.3) is 11.1 Å². The zero-order chi connectivity index (χ0) is 17.8. The standard InChI is InChI=1S/C20H20N2O2S/c1-13-8-9-17(24-2)15(10-13)16-12-25-19(21)18(16)20(23)22-11-14-6-4-3-5-7-14/h3-10,12H,11,21H2,1-2H3,(H,22,23). The Balaban J connectivity index is 1.92. The van der Waals surface area contributed by atoms with Gasteiger partial charge in [-0.15, -0.1) is 11.3 Å². The summed E-state index contributed by atoms with van der Waals surface area (Å²) in [5.41, 5.74) is 10.4. The average Bonchev–Trinajstić information content (AvgIpc) is 3.02. The molecule has 5 heteroatoms. The van der Waals surface area contributed by atoms with Crippen molar-refractivity contribution in [2.75, 3.05) is 12.8 Å². The summed E-state index contributed by atoms with van der Waals surface area (Å²) in [4.78, 5) is 12.8. The molecule has 0 saturated heterocycles. The highest BCUT2D eigenvalue weighted by Crippen LogP contribution is 2.38. The number of hydrogen-bond acceptors (Lipinski definition) is 4. The van der Waals surface area contributed by atoms with E-state index in [-0.39, 0.29) is 5.91 Å². The van der Waals surface area contributed by atoms with Crippen molar-refractivity contribution < 1.29 is 9.53 Å². The van der Waals surface area contributed by atoms with Crippen molar-refractivity contribution in [1.82, 2.24) is 5.32 Å². The van der Waals surface area contributed by atoms with E-state index in [2.05, 4.69) is 5.32 Å². The Morgan fingerprint density at radius 3 is 2.64 bits per heavy atom. The van der Waals surface area contributed by atoms with Crippen LogP contribution in [0.1, 0.15) is 21.5 Å². The molecule has 128 valence electrons. The van der Waals surface area contributed by atoms with Gasteiger partial charge in [-0.3, -0.25) is 4.79 Å². The van der Waals surface area contributed by atoms with Crippen LogP contribution in [0, 0.1) is 6.92 Å². The van der Waals surface area contributed by atoms with Crippen LogP contribution < -0.4 is 15.8 Å². The Morgan fingerprint density at radius 2 is 1.92 bits per heavy atom. The molecule has 4 nitrogen and oxygen atoms in total. The van der Waals surface area contributed by atoms with E-state index in [0.717, 1.165) is 28.0 Å². The van der Waals surface area contributed by atoms with Crippen molar-refractivity contribution in [1.29, 1.82) is 0 Å². The molecule has 3 N–H and O–H groups in total. The second-order valence-corrected chi connectivity index (χ2v) is 6.67. The fourth-order valence-electron chi connectivity index (χ4n) is 2.70. The number of ether oxygens (including phenoxy) is 1. The van der Waals surface area contributed by atoms with Crippen LogP contribution in [0.15, 0.2) is 53.9 Å². The van der Waals surface area contributed by atoms with Gasteiger partial charge in [0.1, 0.15) is 5.75 Å². The molecule has 25 heavy (non-hydrogen) atoms. The Labute approximate surface area is 151 Å². The van der Waals surface area contributed by atoms with Crippen LogP contribution in [-0.4, -0.2) is 13.0 Å². The van der Waals surface area contributed by atoms with Crippen LogP contribution in [0.3, 0.4) is 0 Å². The number of amides is 1. The highest BCUT2D eigenvalue weighted by atomic mass is 32.1. The molecule has 1 aromatic heterocycles. The average molecular weight is 352 g/mol. The summed E-state index contributed by atoms with van der Waals surface area (Å²) >= 11 is 1.36. The maximum atomic E-state index is 12.8. The summed E-state index contributed by atoms with van der Waals surface area (Å²) in [6, 6.07) is 15.7. The monoisotopic (exact) mass is 352 g/mol. The number of nitrogens with two attached hydrogens (primary N) is 1. The Hall–Kier alpha value is -2.79. The van der Waals surface area contributed by atoms with Crippen molar-refractivity contribution in [2.24, 2.45) is 0 Å². The van der Waals surface area contributed by atoms with Crippen LogP contribution in [-0.2, 0) is 6.54 Å². The highest BCUT2D eigenvalue weighted by Gasteiger charge is 2.20. The number of thiophene rings is 1. The first-order chi connectivity index (χ1) is 12.1. The lowest BCUT2D eigenvalue weighted by Crippen LogP contribution is -2.23. The number of methoxy groups -OCH3 is 1. The normalized spacial score (nSPS) is 10.5. The number of nitrogens with one attached hydrogen (secondary N) is 1. The van der Waals surface area contributed by atoms with E-state index in [4.69, 9.17) is 10.5 Å². The number of rotatable bonds is 5. The summed E-state index contributed by atoms with van der Waals surface area (Å²) in [6.07, 6.45) is 0. The minimum absolute atomic E-state index is 0.179. The van der Waals surface area contributed by atoms with Gasteiger partial charge in [0.25, 0.3) is 5.91 Å². The molecule has 0 unspecified atom stereocenters. The summed E-state index contributed by atoms with van der Waals surface area (Å²) in [5.74, 6) is 0.543. The molecule has 1 heterocycles. The van der Waals surface area contributed by atoms with Crippen molar-refractivity contribution in [3.8, 4) is 16.9 Å². The number of nitrogen functional groups attached to an aromatic ring is 1. The molecule has 0 spiro atoms. The van der Waals surface area contributed by atoms with Crippen molar-refractivity contribution in [2.45, 2.75) is 13.5 Å². The summed E-state index contributed by atoms with van der Waals surface area (Å²) < 4.78 is 5.46. The van der Waals surface area contributed by atoms with E-state index in [1.54, 1.807) is 7.11 Å². The van der Waals surface area contributed by atoms with Crippen molar-refractivity contribution in [3.05, 3.63) is 70.6 Å². The molecular weight excluding hydrogens is 332 g/mol. The number of carbonyl (C=O) groups excluding carboxylic acids is 1. The lowest BCUT2D eigenvalue weighted by Gasteiger charge is -2.12. The van der Waals surface area contributed by atoms with Crippen LogP contribution >= 0.6 is 11.3 Å². The Morgan fingerprint density at radius 1 is 1.16 bits per heavy atom. The molecule has 3 rings (SSSR count). The fourth-order valence-corrected chi connectivity index (χ4v) is 3.51. The molecule has 0 saturated carbocycles. The first kappa shape index (κ1) is 17.0. The van der Waals surface area contributed by atoms with Gasteiger partial charge in [0.05, 0.1) is 17.7 Å². The molecule has 1 amide bonds. The van der Waals surface area contributed by atoms with E-state index in [1.165, 1.54) is 11.3 Å². The second kappa shape index (κ2) is 7.40. The highest BCUT2D eigenvalue weighted by molar-refractivity contribution is 7.15. The van der Waals surface area contributed by atoms with E-state index < -0.39 is 0 Å². The zero-order valence-corrected chi connectivity index (χ0v) is 15.0. The number of aryl methyl sites for hydroxylation is 1. The molecule has 0 atom stereocenters. The summed E-state index contributed by atoms with van der Waals surface area (Å²) in [5, 5.41) is 5.36. The van der Waals surface area contributed by atoms with Gasteiger partial charge in [0.2, 0.25) is 0 Å². The van der Waals surface area contributed by atoms with E-state index >= 15 is 0 Å². The molecule has 0 aliphatic heterocycles. The molecule has 0 fully saturated rings. The maximum Gasteiger partial charge on any atom is 0.255 e. The third-order valence-electron chi connectivity index (χ3n) is 3.99. The number of benzene rings is 2. The Kier molecular flexibility index (Phi) is 5.05. The maximum absolute atomic E-state index is 12.8. The van der Waals surface area contributed by atoms with Gasteiger partial charge in [0, 0.05) is 23.1 Å². The Bertz CT molecular complexity index is 888. The number of hydrogen-bond donors (Lipinski definition) is 2. The number of anilines is 1. The van der Waals surface area contributed by atoms with Gasteiger partial charge < -0.3 is 15.8 Å². The van der Waals surface area contributed by atoms with Gasteiger partial charge in [-0.25, -0.2) is 0 Å². The van der Waals surface area contributed by atoms with Crippen molar-refractivity contribution >= 4 is 22.2 Å². The molecule has 2 aromatic carbocycles. The summed E-state index contributed by atoms with van der Waals surface area (Å²) in [7, 11) is 1.62. The van der Waals surface area contributed by atoms with E-state index in [0.29, 0.717) is 17.1 Å². The predicted octanol–water partition coefficient (Wildman–Crippen LogP) is 4.24. The lowest BCUT2D eigenvalue weighted by molar-refractivity contribution is 0.0953. The minimum Gasteiger partial charge on any atom is -0.496 e. The first-order valence-electron chi connectivity index (χ1n) is 7.94. The molecule has 0 aliphatic rings. The predicted molar refractivity (Wildman–Crippen MR) is 103 cm³/mol. The first-order valence-corrected chi connectivity index (χ1v) is 8.82. The van der Waals surface area contributed by atoms with Crippen LogP contribution in [0.2, 0.25) is 0 Å². The second-order valence-electron chi connectivity index (χ2n) is 5.76. The number of carbonyl (C=O) groups is 1. The third kappa shape index (κ3) is 3.67. The zero-order valence-electron chi connectivity index (χ0n) is 14.2. The van der Waals surface area contributed by atoms with E-state index in [9.17, 15) is 4.79 Å². The third-order valence-corrected chi connectivity index (χ3v) is 4.80. The van der Waals surface area contributed by atoms with Crippen LogP contribution in [0.4, 0.5) is 5.00 Å². The SMILES string of the molecule is COc1ccc(C)cc1-c1csc(N)c1C(=O)NCc1ccccc1. The topological polar surface area (TPSA) is 64.3 Å². The van der Waals surface area contributed by atoms with Crippen LogP contribution in [0.5, 0.6) is 5.75 Å². The minimum atomic E-state index is -0.179. The fraction of sp³-hybridized carbons (Fsp3) is 0.150. The summed E-state index contributed by atoms with van der Waals surface area (Å²) in [6.45, 7) is 2.47. The lowest BCUT2D eigenvalue weighted by atomic mass is 10.0. The smallest absolute Gasteiger partial charge is 0.255 e. The van der Waals surface area contributed by atoms with Gasteiger partial charge in [-0.2, -0.15) is 0 Å².